The number of hydrogen-bond acceptors (Lipinski definition) is 4. The van der Waals surface area contributed by atoms with E-state index in [9.17, 15) is 9.59 Å². The largest absolute Gasteiger partial charge is 0.367 e. The monoisotopic (exact) mass is 315 g/mol. The Kier molecular flexibility index (Phi) is 6.04. The van der Waals surface area contributed by atoms with Crippen LogP contribution in [0.25, 0.3) is 0 Å². The van der Waals surface area contributed by atoms with Crippen molar-refractivity contribution < 1.29 is 14.3 Å². The van der Waals surface area contributed by atoms with Crippen molar-refractivity contribution in [2.45, 2.75) is 12.7 Å². The first kappa shape index (κ1) is 16.1. The molecular weight excluding hydrogens is 302 g/mol. The maximum Gasteiger partial charge on any atom is 0.252 e. The Bertz CT molecular complexity index is 664. The zero-order valence-corrected chi connectivity index (χ0v) is 12.5. The van der Waals surface area contributed by atoms with Crippen molar-refractivity contribution in [1.29, 1.82) is 0 Å². The lowest BCUT2D eigenvalue weighted by Gasteiger charge is -2.16. The van der Waals surface area contributed by atoms with E-state index in [4.69, 9.17) is 16.3 Å². The molecule has 5 heteroatoms. The van der Waals surface area contributed by atoms with Gasteiger partial charge >= 0.3 is 0 Å². The maximum atomic E-state index is 11.1. The minimum absolute atomic E-state index is 0.171. The van der Waals surface area contributed by atoms with Crippen LogP contribution in [0.4, 0.5) is 0 Å². The first-order valence-electron chi connectivity index (χ1n) is 6.69. The van der Waals surface area contributed by atoms with Gasteiger partial charge in [0.2, 0.25) is 6.08 Å². The molecule has 0 unspecified atom stereocenters. The number of carbonyl (C=O) groups excluding carboxylic acids is 2. The minimum Gasteiger partial charge on any atom is -0.367 e. The van der Waals surface area contributed by atoms with Gasteiger partial charge in [0.25, 0.3) is 5.24 Å². The third-order valence-electron chi connectivity index (χ3n) is 3.13. The highest BCUT2D eigenvalue weighted by Crippen LogP contribution is 2.21. The molecule has 0 fully saturated rings. The number of ether oxygens (including phenoxy) is 1. The quantitative estimate of drug-likeness (QED) is 0.445. The molecule has 1 atom stereocenters. The van der Waals surface area contributed by atoms with Crippen LogP contribution in [0.5, 0.6) is 0 Å². The summed E-state index contributed by atoms with van der Waals surface area (Å²) in [7, 11) is 0. The van der Waals surface area contributed by atoms with Crippen LogP contribution in [0.15, 0.2) is 59.6 Å². The summed E-state index contributed by atoms with van der Waals surface area (Å²) in [4.78, 5) is 25.0. The SMILES string of the molecule is O=C=NC[C@H](OCc1ccccc1)c1ccc(C(=O)Cl)cc1. The predicted molar refractivity (Wildman–Crippen MR) is 83.6 cm³/mol. The van der Waals surface area contributed by atoms with Gasteiger partial charge in [0.1, 0.15) is 6.10 Å². The number of halogens is 1. The molecule has 0 bridgehead atoms. The zero-order chi connectivity index (χ0) is 15.8. The van der Waals surface area contributed by atoms with Gasteiger partial charge in [0, 0.05) is 5.56 Å². The number of aliphatic imine (C=N–C) groups is 1. The molecule has 112 valence electrons. The standard InChI is InChI=1S/C17H14ClNO3/c18-17(21)15-8-6-14(7-9-15)16(10-19-12-20)22-11-13-4-2-1-3-5-13/h1-9,16H,10-11H2/t16-/m0/s1. The van der Waals surface area contributed by atoms with E-state index in [2.05, 4.69) is 4.99 Å². The maximum absolute atomic E-state index is 11.1. The van der Waals surface area contributed by atoms with Gasteiger partial charge in [-0.3, -0.25) is 4.79 Å². The molecule has 0 heterocycles. The average Bonchev–Trinajstić information content (AvgIpc) is 2.56. The van der Waals surface area contributed by atoms with Crippen molar-refractivity contribution in [1.82, 2.24) is 0 Å². The zero-order valence-electron chi connectivity index (χ0n) is 11.7. The Morgan fingerprint density at radius 1 is 1.14 bits per heavy atom. The van der Waals surface area contributed by atoms with Crippen LogP contribution in [0.2, 0.25) is 0 Å². The van der Waals surface area contributed by atoms with Crippen LogP contribution < -0.4 is 0 Å². The fraction of sp³-hybridized carbons (Fsp3) is 0.176. The predicted octanol–water partition coefficient (Wildman–Crippen LogP) is 3.66. The van der Waals surface area contributed by atoms with Gasteiger partial charge in [-0.2, -0.15) is 0 Å². The van der Waals surface area contributed by atoms with E-state index in [0.29, 0.717) is 12.2 Å². The number of carbonyl (C=O) groups is 1. The summed E-state index contributed by atoms with van der Waals surface area (Å²) in [5.41, 5.74) is 2.25. The van der Waals surface area contributed by atoms with Gasteiger partial charge in [0.15, 0.2) is 0 Å². The first-order valence-corrected chi connectivity index (χ1v) is 7.07. The molecule has 0 saturated carbocycles. The Labute approximate surface area is 133 Å². The topological polar surface area (TPSA) is 55.7 Å². The Hall–Kier alpha value is -2.26. The van der Waals surface area contributed by atoms with Gasteiger partial charge in [-0.05, 0) is 34.9 Å². The molecule has 0 spiro atoms. The molecule has 2 aromatic carbocycles. The molecule has 4 nitrogen and oxygen atoms in total. The minimum atomic E-state index is -0.515. The molecule has 0 aliphatic heterocycles. The third kappa shape index (κ3) is 4.64. The molecule has 22 heavy (non-hydrogen) atoms. The van der Waals surface area contributed by atoms with Crippen LogP contribution in [-0.2, 0) is 16.1 Å². The van der Waals surface area contributed by atoms with E-state index < -0.39 is 5.24 Å². The summed E-state index contributed by atoms with van der Waals surface area (Å²) in [5, 5.41) is -0.515. The Balaban J connectivity index is 2.11. The molecule has 0 radical (unpaired) electrons. The smallest absolute Gasteiger partial charge is 0.252 e. The van der Waals surface area contributed by atoms with Crippen molar-refractivity contribution in [2.75, 3.05) is 6.54 Å². The molecule has 2 rings (SSSR count). The van der Waals surface area contributed by atoms with Gasteiger partial charge in [-0.15, -0.1) is 0 Å². The van der Waals surface area contributed by atoms with Gasteiger partial charge < -0.3 is 4.74 Å². The molecule has 0 amide bonds. The van der Waals surface area contributed by atoms with Crippen molar-refractivity contribution in [3.05, 3.63) is 71.3 Å². The Morgan fingerprint density at radius 2 is 1.82 bits per heavy atom. The Morgan fingerprint density at radius 3 is 2.41 bits per heavy atom. The molecule has 0 aromatic heterocycles. The second kappa shape index (κ2) is 8.25. The summed E-state index contributed by atoms with van der Waals surface area (Å²) >= 11 is 5.42. The van der Waals surface area contributed by atoms with Crippen LogP contribution in [-0.4, -0.2) is 17.9 Å². The molecule has 2 aromatic rings. The average molecular weight is 316 g/mol. The number of benzene rings is 2. The van der Waals surface area contributed by atoms with Gasteiger partial charge in [-0.1, -0.05) is 42.5 Å². The highest BCUT2D eigenvalue weighted by atomic mass is 35.5. The number of nitrogens with zero attached hydrogens (tertiary/aromatic N) is 1. The van der Waals surface area contributed by atoms with Crippen molar-refractivity contribution in [2.24, 2.45) is 4.99 Å². The summed E-state index contributed by atoms with van der Waals surface area (Å²) < 4.78 is 5.83. The molecule has 0 aliphatic rings. The first-order chi connectivity index (χ1) is 10.7. The van der Waals surface area contributed by atoms with Crippen LogP contribution >= 0.6 is 11.6 Å². The van der Waals surface area contributed by atoms with Crippen molar-refractivity contribution in [3.63, 3.8) is 0 Å². The van der Waals surface area contributed by atoms with Crippen LogP contribution in [0.1, 0.15) is 27.6 Å². The second-order valence-electron chi connectivity index (χ2n) is 4.61. The molecule has 0 aliphatic carbocycles. The van der Waals surface area contributed by atoms with E-state index in [-0.39, 0.29) is 12.6 Å². The molecule has 0 saturated heterocycles. The number of isocyanates is 1. The lowest BCUT2D eigenvalue weighted by Crippen LogP contribution is -2.08. The summed E-state index contributed by atoms with van der Waals surface area (Å²) in [5.74, 6) is 0. The lowest BCUT2D eigenvalue weighted by molar-refractivity contribution is 0.0460. The second-order valence-corrected chi connectivity index (χ2v) is 4.96. The highest BCUT2D eigenvalue weighted by Gasteiger charge is 2.13. The lowest BCUT2D eigenvalue weighted by atomic mass is 10.1. The van der Waals surface area contributed by atoms with Crippen LogP contribution in [0, 0.1) is 0 Å². The van der Waals surface area contributed by atoms with E-state index >= 15 is 0 Å². The number of hydrogen-bond donors (Lipinski definition) is 0. The number of rotatable bonds is 7. The molecule has 0 N–H and O–H groups in total. The van der Waals surface area contributed by atoms with Crippen molar-refractivity contribution in [3.8, 4) is 0 Å². The summed E-state index contributed by atoms with van der Waals surface area (Å²) in [6.45, 7) is 0.570. The van der Waals surface area contributed by atoms with Gasteiger partial charge in [-0.25, -0.2) is 9.79 Å². The van der Waals surface area contributed by atoms with E-state index in [0.717, 1.165) is 11.1 Å². The molecular formula is C17H14ClNO3. The fourth-order valence-electron chi connectivity index (χ4n) is 1.97. The summed E-state index contributed by atoms with van der Waals surface area (Å²) in [6, 6.07) is 16.4. The highest BCUT2D eigenvalue weighted by molar-refractivity contribution is 6.67. The van der Waals surface area contributed by atoms with E-state index in [1.165, 1.54) is 6.08 Å². The third-order valence-corrected chi connectivity index (χ3v) is 3.34. The van der Waals surface area contributed by atoms with Crippen LogP contribution in [0.3, 0.4) is 0 Å². The normalized spacial score (nSPS) is 11.5. The fourth-order valence-corrected chi connectivity index (χ4v) is 2.10. The van der Waals surface area contributed by atoms with E-state index in [1.807, 2.05) is 30.3 Å². The summed E-state index contributed by atoms with van der Waals surface area (Å²) in [6.07, 6.45) is 1.13. The van der Waals surface area contributed by atoms with Gasteiger partial charge in [0.05, 0.1) is 13.2 Å². The van der Waals surface area contributed by atoms with E-state index in [1.54, 1.807) is 24.3 Å². The van der Waals surface area contributed by atoms with Crippen molar-refractivity contribution >= 4 is 22.9 Å².